The molecule has 0 atom stereocenters. The van der Waals surface area contributed by atoms with Crippen LogP contribution in [0.2, 0.25) is 0 Å². The van der Waals surface area contributed by atoms with Crippen LogP contribution in [0.25, 0.3) is 0 Å². The van der Waals surface area contributed by atoms with Crippen LogP contribution in [-0.4, -0.2) is 102 Å². The topological polar surface area (TPSA) is 161 Å². The number of amides is 3. The molecular formula is C53H59FN6O8. The van der Waals surface area contributed by atoms with E-state index in [1.165, 1.54) is 12.1 Å². The Balaban J connectivity index is 0.806. The summed E-state index contributed by atoms with van der Waals surface area (Å²) < 4.78 is 37.8. The Morgan fingerprint density at radius 1 is 0.750 bits per heavy atom. The Labute approximate surface area is 396 Å². The molecule has 3 amide bonds. The van der Waals surface area contributed by atoms with Crippen molar-refractivity contribution in [2.45, 2.75) is 63.0 Å². The number of nitrogens with one attached hydrogen (secondary N) is 3. The first-order valence-electron chi connectivity index (χ1n) is 23.2. The molecule has 68 heavy (non-hydrogen) atoms. The lowest BCUT2D eigenvalue weighted by Crippen LogP contribution is -2.58. The fraction of sp³-hybridized carbons (Fsp3) is 0.377. The van der Waals surface area contributed by atoms with Crippen molar-refractivity contribution in [3.63, 3.8) is 0 Å². The Morgan fingerprint density at radius 2 is 1.37 bits per heavy atom. The van der Waals surface area contributed by atoms with E-state index in [-0.39, 0.29) is 62.8 Å². The molecule has 8 rings (SSSR count). The minimum absolute atomic E-state index is 0.222. The first-order chi connectivity index (χ1) is 32.8. The molecule has 0 saturated heterocycles. The molecule has 0 radical (unpaired) electrons. The molecule has 356 valence electrons. The van der Waals surface area contributed by atoms with Crippen molar-refractivity contribution >= 4 is 35.1 Å². The van der Waals surface area contributed by atoms with Gasteiger partial charge in [0.25, 0.3) is 11.8 Å². The summed E-state index contributed by atoms with van der Waals surface area (Å²) in [5.41, 5.74) is 4.96. The molecule has 15 heteroatoms. The van der Waals surface area contributed by atoms with Crippen molar-refractivity contribution < 1.29 is 42.5 Å². The molecule has 1 aliphatic carbocycles. The summed E-state index contributed by atoms with van der Waals surface area (Å²) in [5.74, 6) is -0.378. The van der Waals surface area contributed by atoms with Gasteiger partial charge >= 0.3 is 5.97 Å². The van der Waals surface area contributed by atoms with Crippen molar-refractivity contribution in [1.29, 1.82) is 0 Å². The van der Waals surface area contributed by atoms with E-state index < -0.39 is 23.0 Å². The van der Waals surface area contributed by atoms with Crippen molar-refractivity contribution in [2.75, 3.05) is 77.5 Å². The van der Waals surface area contributed by atoms with Gasteiger partial charge in [-0.05, 0) is 103 Å². The summed E-state index contributed by atoms with van der Waals surface area (Å²) in [7, 11) is 7.76. The van der Waals surface area contributed by atoms with Gasteiger partial charge in [0.2, 0.25) is 5.91 Å². The molecule has 2 aliphatic heterocycles. The standard InChI is InChI=1S/C53H59FN6O8/c1-7-52(8-2,58-49(62)44-22-19-39(34-11-12-34)45(57-44)29-33-9-14-36(54)15-10-33)51(64)56-24-26-66-28-27-65-25-23-55-48(61)35-13-18-40-43(30-35)53(68-50(40)63)41-20-16-37(59(3)4)31-46(41)67-47-32-38(60(5)6)17-21-42(47)53/h9-10,13-22,30-32,34H,7-8,11-12,23-29H2,1-6H3,(H,55,61)(H,56,64)(H,58,62). The zero-order valence-electron chi connectivity index (χ0n) is 39.5. The third kappa shape index (κ3) is 9.76. The summed E-state index contributed by atoms with van der Waals surface area (Å²) in [6.45, 7) is 5.13. The van der Waals surface area contributed by atoms with Gasteiger partial charge in [-0.3, -0.25) is 14.4 Å². The molecule has 3 N–H and O–H groups in total. The predicted molar refractivity (Wildman–Crippen MR) is 257 cm³/mol. The number of carbonyl (C=O) groups is 4. The summed E-state index contributed by atoms with van der Waals surface area (Å²) in [6, 6.07) is 26.5. The van der Waals surface area contributed by atoms with Crippen LogP contribution in [0.3, 0.4) is 0 Å². The zero-order chi connectivity index (χ0) is 48.2. The molecule has 1 saturated carbocycles. The fourth-order valence-corrected chi connectivity index (χ4v) is 8.89. The minimum Gasteiger partial charge on any atom is -0.456 e. The van der Waals surface area contributed by atoms with Crippen molar-refractivity contribution in [2.24, 2.45) is 0 Å². The highest BCUT2D eigenvalue weighted by Gasteiger charge is 2.54. The number of anilines is 2. The maximum Gasteiger partial charge on any atom is 0.340 e. The van der Waals surface area contributed by atoms with E-state index >= 15 is 0 Å². The average molecular weight is 927 g/mol. The summed E-state index contributed by atoms with van der Waals surface area (Å²) >= 11 is 0. The lowest BCUT2D eigenvalue weighted by Gasteiger charge is -2.37. The quantitative estimate of drug-likeness (QED) is 0.0533. The van der Waals surface area contributed by atoms with Crippen LogP contribution < -0.4 is 30.5 Å². The van der Waals surface area contributed by atoms with Gasteiger partial charge in [0.15, 0.2) is 5.60 Å². The number of halogens is 1. The SMILES string of the molecule is CCC(CC)(NC(=O)c1ccc(C2CC2)c(Cc2ccc(F)cc2)n1)C(=O)NCCOCCOCCNC(=O)c1ccc2c(c1)C1(OC2=O)c2ccc(N(C)C)cc2Oc2cc(N(C)C)ccc21. The van der Waals surface area contributed by atoms with Gasteiger partial charge in [-0.2, -0.15) is 0 Å². The largest absolute Gasteiger partial charge is 0.456 e. The summed E-state index contributed by atoms with van der Waals surface area (Å²) in [5, 5.41) is 8.79. The zero-order valence-corrected chi connectivity index (χ0v) is 39.5. The third-order valence-corrected chi connectivity index (χ3v) is 13.0. The number of benzene rings is 4. The Bertz CT molecular complexity index is 2640. The van der Waals surface area contributed by atoms with Crippen molar-refractivity contribution in [1.82, 2.24) is 20.9 Å². The van der Waals surface area contributed by atoms with Gasteiger partial charge in [-0.25, -0.2) is 14.2 Å². The molecule has 5 aromatic rings. The third-order valence-electron chi connectivity index (χ3n) is 13.0. The number of fused-ring (bicyclic) bond motifs is 6. The van der Waals surface area contributed by atoms with Gasteiger partial charge < -0.3 is 44.7 Å². The molecule has 0 unspecified atom stereocenters. The van der Waals surface area contributed by atoms with Crippen LogP contribution in [0.15, 0.2) is 91.0 Å². The minimum atomic E-state index is -1.34. The Morgan fingerprint density at radius 3 is 1.96 bits per heavy atom. The van der Waals surface area contributed by atoms with Crippen LogP contribution >= 0.6 is 0 Å². The molecule has 0 bridgehead atoms. The molecular weight excluding hydrogens is 868 g/mol. The first-order valence-corrected chi connectivity index (χ1v) is 23.2. The first kappa shape index (κ1) is 47.6. The van der Waals surface area contributed by atoms with Gasteiger partial charge in [0.1, 0.15) is 28.5 Å². The molecule has 3 heterocycles. The van der Waals surface area contributed by atoms with Crippen molar-refractivity contribution in [3.8, 4) is 11.5 Å². The lowest BCUT2D eigenvalue weighted by atomic mass is 9.77. The van der Waals surface area contributed by atoms with E-state index in [2.05, 4.69) is 16.0 Å². The number of rotatable bonds is 20. The second kappa shape index (κ2) is 20.2. The van der Waals surface area contributed by atoms with Crippen LogP contribution in [0.1, 0.15) is 110 Å². The highest BCUT2D eigenvalue weighted by molar-refractivity contribution is 6.01. The number of nitrogens with zero attached hydrogens (tertiary/aromatic N) is 3. The number of hydrogen-bond donors (Lipinski definition) is 3. The number of carbonyl (C=O) groups excluding carboxylic acids is 4. The van der Waals surface area contributed by atoms with E-state index in [0.717, 1.165) is 41.0 Å². The van der Waals surface area contributed by atoms with E-state index in [1.807, 2.05) is 94.3 Å². The van der Waals surface area contributed by atoms with Gasteiger partial charge in [0, 0.05) is 99.2 Å². The fourth-order valence-electron chi connectivity index (χ4n) is 8.89. The van der Waals surface area contributed by atoms with Gasteiger partial charge in [-0.15, -0.1) is 0 Å². The number of esters is 1. The molecule has 14 nitrogen and oxygen atoms in total. The smallest absolute Gasteiger partial charge is 0.340 e. The number of hydrogen-bond acceptors (Lipinski definition) is 11. The van der Waals surface area contributed by atoms with Crippen LogP contribution in [0, 0.1) is 5.82 Å². The molecule has 3 aliphatic rings. The van der Waals surface area contributed by atoms with Gasteiger partial charge in [-0.1, -0.05) is 32.0 Å². The predicted octanol–water partition coefficient (Wildman–Crippen LogP) is 7.26. The molecule has 4 aromatic carbocycles. The van der Waals surface area contributed by atoms with E-state index in [0.29, 0.717) is 64.5 Å². The van der Waals surface area contributed by atoms with E-state index in [1.54, 1.807) is 36.4 Å². The highest BCUT2D eigenvalue weighted by atomic mass is 19.1. The maximum absolute atomic E-state index is 13.6. The molecule has 1 spiro atoms. The number of pyridine rings is 1. The van der Waals surface area contributed by atoms with Crippen LogP contribution in [-0.2, 0) is 31.0 Å². The number of aromatic nitrogens is 1. The van der Waals surface area contributed by atoms with E-state index in [4.69, 9.17) is 23.9 Å². The highest BCUT2D eigenvalue weighted by Crippen LogP contribution is 2.57. The van der Waals surface area contributed by atoms with Crippen LogP contribution in [0.5, 0.6) is 11.5 Å². The molecule has 1 aromatic heterocycles. The lowest BCUT2D eigenvalue weighted by molar-refractivity contribution is -0.128. The monoisotopic (exact) mass is 926 g/mol. The normalized spacial score (nSPS) is 14.2. The second-order valence-electron chi connectivity index (χ2n) is 17.9. The molecule has 1 fully saturated rings. The Hall–Kier alpha value is -6.84. The maximum atomic E-state index is 13.6. The Kier molecular flexibility index (Phi) is 14.1. The van der Waals surface area contributed by atoms with Crippen molar-refractivity contribution in [3.05, 3.63) is 147 Å². The summed E-state index contributed by atoms with van der Waals surface area (Å²) in [4.78, 5) is 62.9. The average Bonchev–Trinajstić information content (AvgIpc) is 4.15. The van der Waals surface area contributed by atoms with E-state index in [9.17, 15) is 23.6 Å². The summed E-state index contributed by atoms with van der Waals surface area (Å²) in [6.07, 6.45) is 3.34. The van der Waals surface area contributed by atoms with Gasteiger partial charge in [0.05, 0.1) is 32.0 Å². The number of ether oxygens (including phenoxy) is 4. The van der Waals surface area contributed by atoms with Crippen LogP contribution in [0.4, 0.5) is 15.8 Å². The second-order valence-corrected chi connectivity index (χ2v) is 17.9.